The highest BCUT2D eigenvalue weighted by molar-refractivity contribution is 7.89. The number of anilines is 1. The number of carbonyl (C=O) groups excluding carboxylic acids is 3. The van der Waals surface area contributed by atoms with Crippen molar-refractivity contribution >= 4 is 44.8 Å². The van der Waals surface area contributed by atoms with E-state index < -0.39 is 27.7 Å². The van der Waals surface area contributed by atoms with E-state index in [1.165, 1.54) is 20.8 Å². The summed E-state index contributed by atoms with van der Waals surface area (Å²) >= 11 is 0. The van der Waals surface area contributed by atoms with Crippen molar-refractivity contribution in [1.82, 2.24) is 29.6 Å². The molecule has 3 aromatic rings. The van der Waals surface area contributed by atoms with Crippen LogP contribution in [0.15, 0.2) is 41.3 Å². The number of aryl methyl sites for hydroxylation is 1. The van der Waals surface area contributed by atoms with E-state index in [1.807, 2.05) is 13.1 Å². The number of urea groups is 1. The molecule has 0 spiro atoms. The average Bonchev–Trinajstić information content (AvgIpc) is 3.48. The molecule has 0 bridgehead atoms. The summed E-state index contributed by atoms with van der Waals surface area (Å²) in [5.41, 5.74) is 2.71. The number of hydrogen-bond acceptors (Lipinski definition) is 10. The van der Waals surface area contributed by atoms with E-state index >= 15 is 0 Å². The fourth-order valence-corrected chi connectivity index (χ4v) is 9.54. The summed E-state index contributed by atoms with van der Waals surface area (Å²) in [5, 5.41) is 20.8. The topological polar surface area (TPSA) is 179 Å². The van der Waals surface area contributed by atoms with Gasteiger partial charge in [-0.15, -0.1) is 0 Å². The number of likely N-dealkylation sites (tertiary alicyclic amines) is 1. The Morgan fingerprint density at radius 3 is 2.45 bits per heavy atom. The van der Waals surface area contributed by atoms with Crippen molar-refractivity contribution in [3.63, 3.8) is 0 Å². The smallest absolute Gasteiger partial charge is 0.407 e. The summed E-state index contributed by atoms with van der Waals surface area (Å²) in [5.74, 6) is 0.760. The largest absolute Gasteiger partial charge is 0.444 e. The Labute approximate surface area is 329 Å². The third kappa shape index (κ3) is 9.69. The van der Waals surface area contributed by atoms with Crippen molar-refractivity contribution in [2.24, 2.45) is 13.0 Å². The van der Waals surface area contributed by atoms with E-state index in [0.29, 0.717) is 55.3 Å². The normalized spacial score (nSPS) is 18.8. The lowest BCUT2D eigenvalue weighted by Gasteiger charge is -2.35. The lowest BCUT2D eigenvalue weighted by molar-refractivity contribution is -0.120. The number of ether oxygens (including phenoxy) is 2. The predicted molar refractivity (Wildman–Crippen MR) is 211 cm³/mol. The zero-order valence-corrected chi connectivity index (χ0v) is 33.9. The molecule has 0 aliphatic carbocycles. The number of nitrogens with zero attached hydrogens (tertiary/aromatic N) is 6. The number of piperidine rings is 2. The van der Waals surface area contributed by atoms with Crippen molar-refractivity contribution in [2.75, 3.05) is 57.9 Å². The first-order valence-corrected chi connectivity index (χ1v) is 20.9. The second-order valence-corrected chi connectivity index (χ2v) is 18.1. The molecule has 2 aromatic carbocycles. The van der Waals surface area contributed by atoms with E-state index in [0.717, 1.165) is 49.8 Å². The molecule has 3 fully saturated rings. The van der Waals surface area contributed by atoms with Crippen molar-refractivity contribution in [1.29, 1.82) is 5.26 Å². The second-order valence-electron chi connectivity index (χ2n) is 16.2. The van der Waals surface area contributed by atoms with Gasteiger partial charge in [-0.25, -0.2) is 18.0 Å². The van der Waals surface area contributed by atoms with Crippen LogP contribution < -0.4 is 15.5 Å². The number of amides is 4. The molecule has 3 aliphatic rings. The highest BCUT2D eigenvalue weighted by Crippen LogP contribution is 2.34. The monoisotopic (exact) mass is 790 g/mol. The van der Waals surface area contributed by atoms with Crippen LogP contribution in [-0.2, 0) is 37.8 Å². The molecule has 3 aliphatic heterocycles. The van der Waals surface area contributed by atoms with Crippen LogP contribution in [0, 0.1) is 17.2 Å². The third-order valence-electron chi connectivity index (χ3n) is 11.0. The second kappa shape index (κ2) is 17.3. The van der Waals surface area contributed by atoms with Crippen LogP contribution in [0.4, 0.5) is 15.4 Å². The zero-order valence-electron chi connectivity index (χ0n) is 33.0. The quantitative estimate of drug-likeness (QED) is 0.263. The standard InChI is InChI=1S/C40H54N8O7S/c1-40(2,3)55-39(51)42-32-12-18-47(19-13-32)56(52,53)33-8-6-30(25-41)31(23-33)22-27(15-21-54-5)26-46-16-10-28(11-17-46)29-7-9-34-35(24-29)45(4)44-37(34)48-20-14-36(49)43-38(48)50/h6-9,23-24,27-28,32H,10-22,26H2,1-5H3,(H,42,51)(H,43,49,50). The molecule has 302 valence electrons. The molecule has 4 amide bonds. The number of alkyl carbamates (subject to hydrolysis) is 1. The van der Waals surface area contributed by atoms with Gasteiger partial charge in [0.2, 0.25) is 15.9 Å². The van der Waals surface area contributed by atoms with Crippen LogP contribution in [0.2, 0.25) is 0 Å². The number of benzene rings is 2. The van der Waals surface area contributed by atoms with Gasteiger partial charge in [-0.1, -0.05) is 6.07 Å². The minimum Gasteiger partial charge on any atom is -0.444 e. The van der Waals surface area contributed by atoms with E-state index in [4.69, 9.17) is 9.47 Å². The maximum atomic E-state index is 13.8. The number of imide groups is 1. The number of aromatic nitrogens is 2. The first kappa shape index (κ1) is 41.1. The van der Waals surface area contributed by atoms with Crippen molar-refractivity contribution < 1.29 is 32.3 Å². The van der Waals surface area contributed by atoms with Gasteiger partial charge in [0.25, 0.3) is 0 Å². The van der Waals surface area contributed by atoms with E-state index in [-0.39, 0.29) is 42.3 Å². The lowest BCUT2D eigenvalue weighted by atomic mass is 9.87. The van der Waals surface area contributed by atoms with Gasteiger partial charge in [-0.05, 0) is 126 Å². The molecular formula is C40H54N8O7S. The van der Waals surface area contributed by atoms with Crippen molar-refractivity contribution in [2.45, 2.75) is 88.2 Å². The number of methoxy groups -OCH3 is 1. The van der Waals surface area contributed by atoms with Crippen molar-refractivity contribution in [3.8, 4) is 6.07 Å². The zero-order chi connectivity index (χ0) is 40.2. The summed E-state index contributed by atoms with van der Waals surface area (Å²) in [6, 6.07) is 12.8. The number of carbonyl (C=O) groups is 3. The molecule has 16 heteroatoms. The predicted octanol–water partition coefficient (Wildman–Crippen LogP) is 4.64. The average molecular weight is 791 g/mol. The number of nitriles is 1. The highest BCUT2D eigenvalue weighted by Gasteiger charge is 2.33. The minimum absolute atomic E-state index is 0.137. The lowest BCUT2D eigenvalue weighted by Crippen LogP contribution is -2.49. The van der Waals surface area contributed by atoms with Crippen LogP contribution >= 0.6 is 0 Å². The Balaban J connectivity index is 1.08. The summed E-state index contributed by atoms with van der Waals surface area (Å²) < 4.78 is 41.8. The number of rotatable bonds is 12. The van der Waals surface area contributed by atoms with Crippen LogP contribution in [-0.4, -0.2) is 110 Å². The Morgan fingerprint density at radius 1 is 1.05 bits per heavy atom. The molecule has 3 saturated heterocycles. The summed E-state index contributed by atoms with van der Waals surface area (Å²) in [7, 11) is -0.282. The van der Waals surface area contributed by atoms with Gasteiger partial charge in [0, 0.05) is 64.8 Å². The molecule has 56 heavy (non-hydrogen) atoms. The first-order valence-electron chi connectivity index (χ1n) is 19.5. The minimum atomic E-state index is -3.82. The molecule has 0 radical (unpaired) electrons. The molecule has 6 rings (SSSR count). The number of nitrogens with one attached hydrogen (secondary N) is 2. The van der Waals surface area contributed by atoms with Gasteiger partial charge in [-0.2, -0.15) is 14.7 Å². The number of sulfonamides is 1. The van der Waals surface area contributed by atoms with E-state index in [2.05, 4.69) is 38.8 Å². The number of fused-ring (bicyclic) bond motifs is 1. The van der Waals surface area contributed by atoms with Crippen LogP contribution in [0.5, 0.6) is 0 Å². The van der Waals surface area contributed by atoms with Crippen LogP contribution in [0.3, 0.4) is 0 Å². The molecule has 1 aromatic heterocycles. The molecular weight excluding hydrogens is 737 g/mol. The van der Waals surface area contributed by atoms with Gasteiger partial charge in [0.1, 0.15) is 5.60 Å². The van der Waals surface area contributed by atoms with Gasteiger partial charge in [0.15, 0.2) is 5.82 Å². The first-order chi connectivity index (χ1) is 26.6. The van der Waals surface area contributed by atoms with E-state index in [1.54, 1.807) is 44.7 Å². The fraction of sp³-hybridized carbons (Fsp3) is 0.575. The Morgan fingerprint density at radius 2 is 1.79 bits per heavy atom. The molecule has 2 N–H and O–H groups in total. The van der Waals surface area contributed by atoms with Crippen molar-refractivity contribution in [3.05, 3.63) is 53.1 Å². The van der Waals surface area contributed by atoms with Gasteiger partial charge in [-0.3, -0.25) is 19.7 Å². The molecule has 15 nitrogen and oxygen atoms in total. The van der Waals surface area contributed by atoms with Gasteiger partial charge < -0.3 is 19.7 Å². The summed E-state index contributed by atoms with van der Waals surface area (Å²) in [6.07, 6.45) is 3.90. The number of hydrogen-bond donors (Lipinski definition) is 2. The molecule has 4 heterocycles. The molecule has 0 saturated carbocycles. The fourth-order valence-electron chi connectivity index (χ4n) is 8.01. The van der Waals surface area contributed by atoms with Crippen LogP contribution in [0.1, 0.15) is 81.9 Å². The summed E-state index contributed by atoms with van der Waals surface area (Å²) in [6.45, 7) is 9.34. The molecule has 1 atom stereocenters. The van der Waals surface area contributed by atoms with Gasteiger partial charge in [0.05, 0.1) is 22.0 Å². The highest BCUT2D eigenvalue weighted by atomic mass is 32.2. The van der Waals surface area contributed by atoms with Crippen LogP contribution in [0.25, 0.3) is 10.9 Å². The van der Waals surface area contributed by atoms with Gasteiger partial charge >= 0.3 is 12.1 Å². The maximum absolute atomic E-state index is 13.8. The third-order valence-corrected chi connectivity index (χ3v) is 12.9. The SMILES string of the molecule is COCCC(Cc1cc(S(=O)(=O)N2CCC(NC(=O)OC(C)(C)C)CC2)ccc1C#N)CN1CCC(c2ccc3c(N4CCC(=O)NC4=O)nn(C)c3c2)CC1. The maximum Gasteiger partial charge on any atom is 0.407 e. The Bertz CT molecular complexity index is 2070. The molecule has 1 unspecified atom stereocenters. The Hall–Kier alpha value is -4.56. The van der Waals surface area contributed by atoms with E-state index in [9.17, 15) is 28.1 Å². The Kier molecular flexibility index (Phi) is 12.7. The summed E-state index contributed by atoms with van der Waals surface area (Å²) in [4.78, 5) is 40.6.